The molecule has 1 N–H and O–H groups in total. The molecule has 2 rings (SSSR count). The first-order valence-corrected chi connectivity index (χ1v) is 7.21. The van der Waals surface area contributed by atoms with Crippen LogP contribution in [0.1, 0.15) is 5.56 Å². The molecule has 0 heterocycles. The summed E-state index contributed by atoms with van der Waals surface area (Å²) in [5.41, 5.74) is 1.29. The molecule has 1 amide bonds. The van der Waals surface area contributed by atoms with Gasteiger partial charge >= 0.3 is 0 Å². The highest BCUT2D eigenvalue weighted by Gasteiger charge is 2.24. The molecule has 0 aliphatic heterocycles. The number of nitriles is 1. The van der Waals surface area contributed by atoms with E-state index in [0.717, 1.165) is 5.56 Å². The third-order valence-electron chi connectivity index (χ3n) is 3.03. The van der Waals surface area contributed by atoms with E-state index in [1.54, 1.807) is 66.7 Å². The minimum atomic E-state index is -1.39. The van der Waals surface area contributed by atoms with Crippen molar-refractivity contribution in [2.75, 3.05) is 5.32 Å². The van der Waals surface area contributed by atoms with E-state index in [9.17, 15) is 9.59 Å². The summed E-state index contributed by atoms with van der Waals surface area (Å²) >= 11 is 5.78. The highest BCUT2D eigenvalue weighted by molar-refractivity contribution is 6.30. The molecule has 0 aliphatic carbocycles. The molecule has 0 fully saturated rings. The first-order chi connectivity index (χ1) is 11.1. The molecule has 0 bridgehead atoms. The smallest absolute Gasteiger partial charge is 0.249 e. The number of rotatable bonds is 5. The summed E-state index contributed by atoms with van der Waals surface area (Å²) in [7, 11) is 0. The number of carbonyl (C=O) groups is 2. The summed E-state index contributed by atoms with van der Waals surface area (Å²) in [6.45, 7) is 0. The minimum absolute atomic E-state index is 0.534. The second-order valence-corrected chi connectivity index (χ2v) is 5.14. The third-order valence-corrected chi connectivity index (χ3v) is 3.28. The van der Waals surface area contributed by atoms with Crippen molar-refractivity contribution in [3.8, 4) is 6.07 Å². The Kier molecular flexibility index (Phi) is 5.67. The Morgan fingerprint density at radius 3 is 2.35 bits per heavy atom. The van der Waals surface area contributed by atoms with Crippen LogP contribution in [0.15, 0.2) is 60.7 Å². The van der Waals surface area contributed by atoms with Crippen LogP contribution >= 0.6 is 11.6 Å². The highest BCUT2D eigenvalue weighted by Crippen LogP contribution is 2.12. The van der Waals surface area contributed by atoms with Gasteiger partial charge in [0, 0.05) is 10.7 Å². The van der Waals surface area contributed by atoms with Crippen LogP contribution in [-0.4, -0.2) is 11.7 Å². The minimum Gasteiger partial charge on any atom is -0.325 e. The fourth-order valence-electron chi connectivity index (χ4n) is 1.84. The number of para-hydroxylation sites is 1. The Hall–Kier alpha value is -2.90. The summed E-state index contributed by atoms with van der Waals surface area (Å²) < 4.78 is 0. The molecule has 114 valence electrons. The zero-order chi connectivity index (χ0) is 16.7. The van der Waals surface area contributed by atoms with Crippen LogP contribution in [-0.2, 0) is 9.59 Å². The number of amides is 1. The van der Waals surface area contributed by atoms with E-state index in [2.05, 4.69) is 5.32 Å². The fraction of sp³-hybridized carbons (Fsp3) is 0.0556. The number of ketones is 1. The number of anilines is 1. The van der Waals surface area contributed by atoms with Crippen LogP contribution in [0, 0.1) is 17.2 Å². The van der Waals surface area contributed by atoms with Crippen molar-refractivity contribution in [2.45, 2.75) is 0 Å². The maximum Gasteiger partial charge on any atom is 0.249 e. The Morgan fingerprint density at radius 1 is 1.09 bits per heavy atom. The van der Waals surface area contributed by atoms with Gasteiger partial charge in [-0.2, -0.15) is 5.26 Å². The normalized spacial score (nSPS) is 11.7. The summed E-state index contributed by atoms with van der Waals surface area (Å²) in [6, 6.07) is 17.2. The van der Waals surface area contributed by atoms with Crippen molar-refractivity contribution < 1.29 is 9.59 Å². The lowest BCUT2D eigenvalue weighted by molar-refractivity contribution is -0.126. The van der Waals surface area contributed by atoms with Crippen molar-refractivity contribution in [2.24, 2.45) is 5.92 Å². The van der Waals surface area contributed by atoms with Crippen LogP contribution in [0.4, 0.5) is 5.69 Å². The zero-order valence-electron chi connectivity index (χ0n) is 12.1. The fourth-order valence-corrected chi connectivity index (χ4v) is 1.96. The van der Waals surface area contributed by atoms with Gasteiger partial charge < -0.3 is 5.32 Å². The Balaban J connectivity index is 2.05. The number of nitrogens with one attached hydrogen (secondary N) is 1. The van der Waals surface area contributed by atoms with Gasteiger partial charge in [0.1, 0.15) is 0 Å². The number of halogens is 1. The lowest BCUT2D eigenvalue weighted by Gasteiger charge is -2.07. The maximum absolute atomic E-state index is 12.1. The van der Waals surface area contributed by atoms with Gasteiger partial charge in [0.05, 0.1) is 6.07 Å². The van der Waals surface area contributed by atoms with E-state index in [0.29, 0.717) is 10.7 Å². The van der Waals surface area contributed by atoms with Crippen molar-refractivity contribution in [1.29, 1.82) is 5.26 Å². The van der Waals surface area contributed by atoms with Gasteiger partial charge in [-0.1, -0.05) is 48.0 Å². The lowest BCUT2D eigenvalue weighted by Crippen LogP contribution is -2.27. The number of carbonyl (C=O) groups excluding carboxylic acids is 2. The predicted molar refractivity (Wildman–Crippen MR) is 89.7 cm³/mol. The average molecular weight is 325 g/mol. The van der Waals surface area contributed by atoms with Gasteiger partial charge in [-0.3, -0.25) is 9.59 Å². The first kappa shape index (κ1) is 16.5. The first-order valence-electron chi connectivity index (χ1n) is 6.83. The largest absolute Gasteiger partial charge is 0.325 e. The number of nitrogens with zero attached hydrogens (tertiary/aromatic N) is 1. The summed E-state index contributed by atoms with van der Waals surface area (Å²) in [5.74, 6) is -2.61. The molecule has 1 atom stereocenters. The molecule has 23 heavy (non-hydrogen) atoms. The summed E-state index contributed by atoms with van der Waals surface area (Å²) in [6.07, 6.45) is 2.76. The summed E-state index contributed by atoms with van der Waals surface area (Å²) in [4.78, 5) is 24.1. The number of allylic oxidation sites excluding steroid dienone is 1. The molecular weight excluding hydrogens is 312 g/mol. The topological polar surface area (TPSA) is 70.0 Å². The van der Waals surface area contributed by atoms with E-state index in [1.807, 2.05) is 0 Å². The van der Waals surface area contributed by atoms with Crippen molar-refractivity contribution in [3.05, 3.63) is 71.3 Å². The lowest BCUT2D eigenvalue weighted by atomic mass is 10.0. The Morgan fingerprint density at radius 2 is 1.74 bits per heavy atom. The SMILES string of the molecule is N#CC(C(=O)/C=C/c1ccc(Cl)cc1)C(=O)Nc1ccccc1. The maximum atomic E-state index is 12.1. The summed E-state index contributed by atoms with van der Waals surface area (Å²) in [5, 5.41) is 12.2. The van der Waals surface area contributed by atoms with E-state index in [4.69, 9.17) is 16.9 Å². The Bertz CT molecular complexity index is 762. The predicted octanol–water partition coefficient (Wildman–Crippen LogP) is 3.70. The molecule has 0 spiro atoms. The quantitative estimate of drug-likeness (QED) is 0.673. The third kappa shape index (κ3) is 4.80. The van der Waals surface area contributed by atoms with E-state index in [-0.39, 0.29) is 0 Å². The standard InChI is InChI=1S/C18H13ClN2O2/c19-14-9-6-13(7-10-14)8-11-17(22)16(12-20)18(23)21-15-4-2-1-3-5-15/h1-11,16H,(H,21,23)/b11-8+. The van der Waals surface area contributed by atoms with Crippen LogP contribution < -0.4 is 5.32 Å². The molecule has 2 aromatic carbocycles. The number of hydrogen-bond donors (Lipinski definition) is 1. The molecular formula is C18H13ClN2O2. The highest BCUT2D eigenvalue weighted by atomic mass is 35.5. The molecule has 1 unspecified atom stereocenters. The van der Waals surface area contributed by atoms with Gasteiger partial charge in [0.25, 0.3) is 0 Å². The van der Waals surface area contributed by atoms with E-state index >= 15 is 0 Å². The van der Waals surface area contributed by atoms with Crippen molar-refractivity contribution in [1.82, 2.24) is 0 Å². The molecule has 0 radical (unpaired) electrons. The van der Waals surface area contributed by atoms with Crippen molar-refractivity contribution >= 4 is 35.1 Å². The Labute approximate surface area is 139 Å². The van der Waals surface area contributed by atoms with E-state index < -0.39 is 17.6 Å². The number of benzene rings is 2. The van der Waals surface area contributed by atoms with Crippen molar-refractivity contribution in [3.63, 3.8) is 0 Å². The average Bonchev–Trinajstić information content (AvgIpc) is 2.56. The van der Waals surface area contributed by atoms with Crippen LogP contribution in [0.2, 0.25) is 5.02 Å². The monoisotopic (exact) mass is 324 g/mol. The number of hydrogen-bond acceptors (Lipinski definition) is 3. The molecule has 5 heteroatoms. The second kappa shape index (κ2) is 7.92. The molecule has 0 saturated carbocycles. The van der Waals surface area contributed by atoms with E-state index in [1.165, 1.54) is 6.08 Å². The zero-order valence-corrected chi connectivity index (χ0v) is 12.8. The van der Waals surface area contributed by atoms with Gasteiger partial charge in [0.15, 0.2) is 11.7 Å². The molecule has 0 aromatic heterocycles. The van der Waals surface area contributed by atoms with Gasteiger partial charge in [0.2, 0.25) is 5.91 Å². The second-order valence-electron chi connectivity index (χ2n) is 4.70. The molecule has 0 saturated heterocycles. The molecule has 4 nitrogen and oxygen atoms in total. The van der Waals surface area contributed by atoms with Crippen LogP contribution in [0.5, 0.6) is 0 Å². The van der Waals surface area contributed by atoms with Crippen LogP contribution in [0.25, 0.3) is 6.08 Å². The van der Waals surface area contributed by atoms with Gasteiger partial charge in [-0.15, -0.1) is 0 Å². The molecule has 0 aliphatic rings. The molecule has 2 aromatic rings. The van der Waals surface area contributed by atoms with Crippen LogP contribution in [0.3, 0.4) is 0 Å². The van der Waals surface area contributed by atoms with Gasteiger partial charge in [-0.05, 0) is 35.9 Å². The van der Waals surface area contributed by atoms with Gasteiger partial charge in [-0.25, -0.2) is 0 Å².